The maximum Gasteiger partial charge on any atom is 0.419 e. The van der Waals surface area contributed by atoms with Crippen molar-refractivity contribution >= 4 is 23.3 Å². The number of urea groups is 1. The van der Waals surface area contributed by atoms with Crippen molar-refractivity contribution < 1.29 is 36.3 Å². The third kappa shape index (κ3) is 5.17. The summed E-state index contributed by atoms with van der Waals surface area (Å²) in [4.78, 5) is 27.9. The summed E-state index contributed by atoms with van der Waals surface area (Å²) >= 11 is 0. The first-order chi connectivity index (χ1) is 15.5. The summed E-state index contributed by atoms with van der Waals surface area (Å²) in [6, 6.07) is 6.25. The topological polar surface area (TPSA) is 97.5 Å². The molecule has 3 amide bonds. The molecule has 0 saturated heterocycles. The van der Waals surface area contributed by atoms with Gasteiger partial charge in [0.1, 0.15) is 23.0 Å². The van der Waals surface area contributed by atoms with Crippen LogP contribution in [0.5, 0.6) is 11.5 Å². The highest BCUT2D eigenvalue weighted by atomic mass is 19.4. The predicted octanol–water partition coefficient (Wildman–Crippen LogP) is 4.75. The minimum absolute atomic E-state index is 0.0452. The predicted molar refractivity (Wildman–Crippen MR) is 107 cm³/mol. The van der Waals surface area contributed by atoms with Gasteiger partial charge in [0.25, 0.3) is 5.91 Å². The Morgan fingerprint density at radius 3 is 2.30 bits per heavy atom. The van der Waals surface area contributed by atoms with Crippen molar-refractivity contribution in [1.82, 2.24) is 10.3 Å². The van der Waals surface area contributed by atoms with Gasteiger partial charge in [0.05, 0.1) is 16.9 Å². The first kappa shape index (κ1) is 23.4. The summed E-state index contributed by atoms with van der Waals surface area (Å²) in [5.74, 6) is -3.00. The molecule has 2 aromatic carbocycles. The number of alkyl halides is 3. The molecule has 0 aliphatic rings. The Kier molecular flexibility index (Phi) is 6.47. The third-order valence-corrected chi connectivity index (χ3v) is 4.32. The Balaban J connectivity index is 1.95. The highest BCUT2D eigenvalue weighted by Gasteiger charge is 2.35. The zero-order valence-corrected chi connectivity index (χ0v) is 16.8. The molecule has 172 valence electrons. The lowest BCUT2D eigenvalue weighted by Crippen LogP contribution is -2.32. The van der Waals surface area contributed by atoms with Gasteiger partial charge in [-0.3, -0.25) is 14.7 Å². The molecular formula is C21H15F5N4O3. The van der Waals surface area contributed by atoms with E-state index in [1.54, 1.807) is 0 Å². The fourth-order valence-corrected chi connectivity index (χ4v) is 2.85. The number of halogens is 5. The largest absolute Gasteiger partial charge is 0.457 e. The Morgan fingerprint density at radius 1 is 1.00 bits per heavy atom. The fourth-order valence-electron chi connectivity index (χ4n) is 2.85. The van der Waals surface area contributed by atoms with Crippen LogP contribution in [0.3, 0.4) is 0 Å². The molecule has 0 spiro atoms. The van der Waals surface area contributed by atoms with Crippen molar-refractivity contribution in [2.24, 2.45) is 5.73 Å². The number of nitrogens with two attached hydrogens (primary N) is 1. The molecule has 12 heteroatoms. The van der Waals surface area contributed by atoms with E-state index in [1.165, 1.54) is 31.4 Å². The summed E-state index contributed by atoms with van der Waals surface area (Å²) in [6.45, 7) is 0. The van der Waals surface area contributed by atoms with Crippen molar-refractivity contribution in [3.8, 4) is 11.5 Å². The van der Waals surface area contributed by atoms with E-state index in [0.717, 1.165) is 18.2 Å². The van der Waals surface area contributed by atoms with E-state index < -0.39 is 46.7 Å². The zero-order chi connectivity index (χ0) is 24.3. The molecule has 33 heavy (non-hydrogen) atoms. The number of hydrogen-bond acceptors (Lipinski definition) is 4. The number of ether oxygens (including phenoxy) is 1. The number of primary amides is 1. The monoisotopic (exact) mass is 466 g/mol. The summed E-state index contributed by atoms with van der Waals surface area (Å²) in [5.41, 5.74) is 2.68. The maximum absolute atomic E-state index is 14.8. The van der Waals surface area contributed by atoms with E-state index in [0.29, 0.717) is 17.0 Å². The number of aromatic nitrogens is 1. The van der Waals surface area contributed by atoms with Crippen LogP contribution in [0.2, 0.25) is 0 Å². The van der Waals surface area contributed by atoms with Gasteiger partial charge in [-0.2, -0.15) is 13.2 Å². The number of carbonyl (C=O) groups is 2. The van der Waals surface area contributed by atoms with E-state index in [2.05, 4.69) is 10.3 Å². The second kappa shape index (κ2) is 9.10. The zero-order valence-electron chi connectivity index (χ0n) is 16.8. The molecule has 1 heterocycles. The minimum Gasteiger partial charge on any atom is -0.457 e. The molecule has 0 unspecified atom stereocenters. The van der Waals surface area contributed by atoms with Crippen LogP contribution in [0.25, 0.3) is 0 Å². The Morgan fingerprint density at radius 2 is 1.70 bits per heavy atom. The van der Waals surface area contributed by atoms with E-state index in [4.69, 9.17) is 10.5 Å². The van der Waals surface area contributed by atoms with Crippen LogP contribution in [0.1, 0.15) is 16.1 Å². The van der Waals surface area contributed by atoms with Gasteiger partial charge in [-0.1, -0.05) is 0 Å². The first-order valence-electron chi connectivity index (χ1n) is 9.13. The quantitative estimate of drug-likeness (QED) is 0.531. The molecule has 0 fully saturated rings. The highest BCUT2D eigenvalue weighted by molar-refractivity contribution is 5.98. The average Bonchev–Trinajstić information content (AvgIpc) is 2.75. The number of hydrogen-bond donors (Lipinski definition) is 2. The second-order valence-electron chi connectivity index (χ2n) is 6.51. The third-order valence-electron chi connectivity index (χ3n) is 4.32. The van der Waals surface area contributed by atoms with Gasteiger partial charge in [0, 0.05) is 25.4 Å². The number of pyridine rings is 1. The number of amides is 3. The lowest BCUT2D eigenvalue weighted by atomic mass is 10.1. The average molecular weight is 466 g/mol. The first-order valence-corrected chi connectivity index (χ1v) is 9.13. The highest BCUT2D eigenvalue weighted by Crippen LogP contribution is 2.37. The van der Waals surface area contributed by atoms with E-state index in [-0.39, 0.29) is 17.2 Å². The number of anilines is 2. The van der Waals surface area contributed by atoms with Crippen LogP contribution in [0.4, 0.5) is 38.1 Å². The van der Waals surface area contributed by atoms with Crippen LogP contribution in [0.15, 0.2) is 54.7 Å². The molecule has 3 aromatic rings. The van der Waals surface area contributed by atoms with Gasteiger partial charge in [-0.05, 0) is 36.4 Å². The van der Waals surface area contributed by atoms with Crippen molar-refractivity contribution in [1.29, 1.82) is 0 Å². The van der Waals surface area contributed by atoms with Gasteiger partial charge < -0.3 is 15.8 Å². The molecule has 7 nitrogen and oxygen atoms in total. The molecule has 3 N–H and O–H groups in total. The van der Waals surface area contributed by atoms with Crippen molar-refractivity contribution in [3.63, 3.8) is 0 Å². The molecule has 0 aliphatic heterocycles. The van der Waals surface area contributed by atoms with E-state index in [9.17, 15) is 31.5 Å². The Hall–Kier alpha value is -4.22. The number of rotatable bonds is 5. The van der Waals surface area contributed by atoms with Crippen LogP contribution in [0, 0.1) is 11.6 Å². The van der Waals surface area contributed by atoms with Gasteiger partial charge in [0.2, 0.25) is 0 Å². The van der Waals surface area contributed by atoms with Crippen molar-refractivity contribution in [3.05, 3.63) is 77.6 Å². The molecule has 0 aliphatic carbocycles. The summed E-state index contributed by atoms with van der Waals surface area (Å²) in [7, 11) is 1.41. The second-order valence-corrected chi connectivity index (χ2v) is 6.51. The van der Waals surface area contributed by atoms with Crippen LogP contribution in [-0.4, -0.2) is 24.0 Å². The van der Waals surface area contributed by atoms with Gasteiger partial charge in [0.15, 0.2) is 5.82 Å². The lowest BCUT2D eigenvalue weighted by molar-refractivity contribution is -0.139. The molecule has 0 saturated carbocycles. The maximum atomic E-state index is 14.8. The van der Waals surface area contributed by atoms with Gasteiger partial charge in [-0.25, -0.2) is 13.6 Å². The van der Waals surface area contributed by atoms with E-state index in [1.807, 2.05) is 0 Å². The molecule has 0 bridgehead atoms. The number of benzene rings is 2. The molecule has 0 radical (unpaired) electrons. The minimum atomic E-state index is -5.04. The molecule has 1 aromatic heterocycles. The van der Waals surface area contributed by atoms with E-state index >= 15 is 0 Å². The summed E-state index contributed by atoms with van der Waals surface area (Å²) in [5, 5.41) is 2.38. The summed E-state index contributed by atoms with van der Waals surface area (Å²) in [6.07, 6.45) is -3.75. The Labute approximate surface area is 183 Å². The number of nitrogens with one attached hydrogen (secondary N) is 1. The molecule has 0 atom stereocenters. The Bertz CT molecular complexity index is 1220. The molecule has 3 rings (SSSR count). The van der Waals surface area contributed by atoms with Gasteiger partial charge >= 0.3 is 12.2 Å². The lowest BCUT2D eigenvalue weighted by Gasteiger charge is -2.22. The summed E-state index contributed by atoms with van der Waals surface area (Å²) < 4.78 is 73.0. The molecular weight excluding hydrogens is 451 g/mol. The van der Waals surface area contributed by atoms with Crippen LogP contribution < -0.4 is 20.7 Å². The number of nitrogens with zero attached hydrogens (tertiary/aromatic N) is 2. The normalized spacial score (nSPS) is 11.1. The van der Waals surface area contributed by atoms with Crippen molar-refractivity contribution in [2.75, 3.05) is 11.9 Å². The number of carbonyl (C=O) groups excluding carboxylic acids is 2. The van der Waals surface area contributed by atoms with Crippen molar-refractivity contribution in [2.45, 2.75) is 6.18 Å². The smallest absolute Gasteiger partial charge is 0.419 e. The SMILES string of the molecule is CNC(=O)c1cc(Oc2ccc(N(C(N)=O)c3ccc(F)c(C(F)(F)F)c3)c(F)c2)ccn1. The van der Waals surface area contributed by atoms with Crippen LogP contribution in [-0.2, 0) is 6.18 Å². The standard InChI is InChI=1S/C21H15F5N4O3/c1-28-19(31)17-10-13(6-7-29-17)33-12-3-5-18(16(23)9-12)30(20(27)32)11-2-4-15(22)14(8-11)21(24,25)26/h2-10H,1H3,(H2,27,32)(H,28,31). The van der Waals surface area contributed by atoms with Crippen LogP contribution >= 0.6 is 0 Å². The fraction of sp³-hybridized carbons (Fsp3) is 0.0952. The van der Waals surface area contributed by atoms with Gasteiger partial charge in [-0.15, -0.1) is 0 Å².